The zero-order valence-corrected chi connectivity index (χ0v) is 17.2. The first-order valence-electron chi connectivity index (χ1n) is 10.0. The molecule has 1 aromatic carbocycles. The molecule has 3 rings (SSSR count). The first kappa shape index (κ1) is 20.3. The Bertz CT molecular complexity index is 920. The van der Waals surface area contributed by atoms with Gasteiger partial charge in [0, 0.05) is 11.6 Å². The summed E-state index contributed by atoms with van der Waals surface area (Å²) in [6, 6.07) is 8.88. The summed E-state index contributed by atoms with van der Waals surface area (Å²) in [4.78, 5) is 6.78. The van der Waals surface area contributed by atoms with Gasteiger partial charge in [-0.15, -0.1) is 5.10 Å². The van der Waals surface area contributed by atoms with Crippen LogP contribution in [-0.2, 0) is 0 Å². The van der Waals surface area contributed by atoms with Crippen molar-refractivity contribution >= 4 is 5.65 Å². The Morgan fingerprint density at radius 1 is 1.18 bits per heavy atom. The molecular formula is C22H29FN4O. The summed E-state index contributed by atoms with van der Waals surface area (Å²) < 4.78 is 21.7. The predicted octanol–water partition coefficient (Wildman–Crippen LogP) is 4.73. The van der Waals surface area contributed by atoms with Gasteiger partial charge in [0.2, 0.25) is 5.88 Å². The molecule has 0 aliphatic heterocycles. The van der Waals surface area contributed by atoms with Crippen LogP contribution in [0.2, 0.25) is 0 Å². The molecule has 1 unspecified atom stereocenters. The number of hydrogen-bond acceptors (Lipinski definition) is 4. The van der Waals surface area contributed by atoms with E-state index in [1.165, 1.54) is 6.07 Å². The van der Waals surface area contributed by atoms with Gasteiger partial charge in [-0.25, -0.2) is 13.9 Å². The maximum absolute atomic E-state index is 14.0. The van der Waals surface area contributed by atoms with Gasteiger partial charge in [-0.3, -0.25) is 0 Å². The minimum Gasteiger partial charge on any atom is -0.474 e. The molecule has 0 spiro atoms. The Balaban J connectivity index is 1.72. The van der Waals surface area contributed by atoms with E-state index < -0.39 is 0 Å². The zero-order valence-electron chi connectivity index (χ0n) is 17.2. The van der Waals surface area contributed by atoms with E-state index in [9.17, 15) is 4.39 Å². The fourth-order valence-electron chi connectivity index (χ4n) is 3.28. The van der Waals surface area contributed by atoms with Gasteiger partial charge in [-0.2, -0.15) is 0 Å². The molecule has 0 N–H and O–H groups in total. The Hall–Kier alpha value is -2.47. The highest BCUT2D eigenvalue weighted by Gasteiger charge is 2.12. The lowest BCUT2D eigenvalue weighted by molar-refractivity contribution is 0.186. The monoisotopic (exact) mass is 384 g/mol. The minimum atomic E-state index is -0.235. The summed E-state index contributed by atoms with van der Waals surface area (Å²) in [5.74, 6) is 0.316. The van der Waals surface area contributed by atoms with E-state index in [-0.39, 0.29) is 11.9 Å². The number of aryl methyl sites for hydroxylation is 1. The molecule has 5 nitrogen and oxygen atoms in total. The number of ether oxygens (including phenoxy) is 1. The summed E-state index contributed by atoms with van der Waals surface area (Å²) in [5.41, 5.74) is 2.81. The molecule has 0 amide bonds. The summed E-state index contributed by atoms with van der Waals surface area (Å²) in [7, 11) is 0. The number of aromatic nitrogens is 3. The van der Waals surface area contributed by atoms with Gasteiger partial charge in [-0.05, 0) is 64.0 Å². The Morgan fingerprint density at radius 3 is 2.68 bits per heavy atom. The molecule has 0 fully saturated rings. The normalized spacial score (nSPS) is 12.6. The van der Waals surface area contributed by atoms with E-state index in [4.69, 9.17) is 4.74 Å². The van der Waals surface area contributed by atoms with E-state index in [0.717, 1.165) is 43.7 Å². The van der Waals surface area contributed by atoms with Crippen molar-refractivity contribution in [3.63, 3.8) is 0 Å². The standard InChI is InChI=1S/C22H29FN4O/c1-5-26(6-2)13-7-8-17(4)28-22-12-11-21-24-15-20(27(21)25-22)18-10-9-16(3)19(23)14-18/h9-12,14-15,17H,5-8,13H2,1-4H3. The lowest BCUT2D eigenvalue weighted by Crippen LogP contribution is -2.25. The highest BCUT2D eigenvalue weighted by molar-refractivity contribution is 5.63. The third-order valence-electron chi connectivity index (χ3n) is 5.11. The van der Waals surface area contributed by atoms with Crippen molar-refractivity contribution in [1.82, 2.24) is 19.5 Å². The van der Waals surface area contributed by atoms with Crippen molar-refractivity contribution in [3.8, 4) is 17.1 Å². The van der Waals surface area contributed by atoms with Crippen LogP contribution >= 0.6 is 0 Å². The van der Waals surface area contributed by atoms with Crippen molar-refractivity contribution in [1.29, 1.82) is 0 Å². The van der Waals surface area contributed by atoms with Crippen LogP contribution in [0.1, 0.15) is 39.2 Å². The number of rotatable bonds is 9. The van der Waals surface area contributed by atoms with E-state index in [1.54, 1.807) is 23.7 Å². The molecule has 3 aromatic rings. The van der Waals surface area contributed by atoms with E-state index >= 15 is 0 Å². The first-order valence-corrected chi connectivity index (χ1v) is 10.0. The smallest absolute Gasteiger partial charge is 0.232 e. The van der Waals surface area contributed by atoms with Crippen LogP contribution in [0, 0.1) is 12.7 Å². The lowest BCUT2D eigenvalue weighted by atomic mass is 10.1. The van der Waals surface area contributed by atoms with Crippen LogP contribution in [0.15, 0.2) is 36.5 Å². The molecule has 0 saturated heterocycles. The van der Waals surface area contributed by atoms with Crippen LogP contribution in [0.4, 0.5) is 4.39 Å². The Labute approximate surface area is 166 Å². The number of fused-ring (bicyclic) bond motifs is 1. The van der Waals surface area contributed by atoms with Gasteiger partial charge < -0.3 is 9.64 Å². The van der Waals surface area contributed by atoms with Crippen molar-refractivity contribution in [2.75, 3.05) is 19.6 Å². The molecule has 0 radical (unpaired) electrons. The van der Waals surface area contributed by atoms with Crippen molar-refractivity contribution in [2.45, 2.75) is 46.6 Å². The Kier molecular flexibility index (Phi) is 6.62. The molecule has 2 aromatic heterocycles. The minimum absolute atomic E-state index is 0.0734. The zero-order chi connectivity index (χ0) is 20.1. The highest BCUT2D eigenvalue weighted by atomic mass is 19.1. The van der Waals surface area contributed by atoms with E-state index in [0.29, 0.717) is 17.1 Å². The molecule has 6 heteroatoms. The number of benzene rings is 1. The molecular weight excluding hydrogens is 355 g/mol. The molecule has 0 aliphatic rings. The van der Waals surface area contributed by atoms with Gasteiger partial charge in [0.15, 0.2) is 5.65 Å². The number of imidazole rings is 1. The molecule has 0 bridgehead atoms. The van der Waals surface area contributed by atoms with Gasteiger partial charge in [0.1, 0.15) is 5.82 Å². The second-order valence-corrected chi connectivity index (χ2v) is 7.15. The molecule has 150 valence electrons. The SMILES string of the molecule is CCN(CC)CCCC(C)Oc1ccc2ncc(-c3ccc(C)c(F)c3)n2n1. The van der Waals surface area contributed by atoms with Gasteiger partial charge in [0.25, 0.3) is 0 Å². The van der Waals surface area contributed by atoms with Gasteiger partial charge in [-0.1, -0.05) is 26.0 Å². The molecule has 1 atom stereocenters. The highest BCUT2D eigenvalue weighted by Crippen LogP contribution is 2.23. The molecule has 2 heterocycles. The predicted molar refractivity (Wildman–Crippen MR) is 110 cm³/mol. The maximum atomic E-state index is 14.0. The average molecular weight is 384 g/mol. The summed E-state index contributed by atoms with van der Waals surface area (Å²) in [5, 5.41) is 4.58. The second-order valence-electron chi connectivity index (χ2n) is 7.15. The van der Waals surface area contributed by atoms with Crippen LogP contribution in [0.25, 0.3) is 16.9 Å². The summed E-state index contributed by atoms with van der Waals surface area (Å²) in [6.07, 6.45) is 3.84. The maximum Gasteiger partial charge on any atom is 0.232 e. The number of hydrogen-bond donors (Lipinski definition) is 0. The molecule has 28 heavy (non-hydrogen) atoms. The molecule has 0 aliphatic carbocycles. The van der Waals surface area contributed by atoms with Crippen LogP contribution in [-0.4, -0.2) is 45.2 Å². The lowest BCUT2D eigenvalue weighted by Gasteiger charge is -2.19. The van der Waals surface area contributed by atoms with Crippen LogP contribution < -0.4 is 4.74 Å². The first-order chi connectivity index (χ1) is 13.5. The van der Waals surface area contributed by atoms with Gasteiger partial charge in [0.05, 0.1) is 18.0 Å². The fourth-order valence-corrected chi connectivity index (χ4v) is 3.28. The van der Waals surface area contributed by atoms with Crippen molar-refractivity contribution in [3.05, 3.63) is 47.9 Å². The number of nitrogens with zero attached hydrogens (tertiary/aromatic N) is 4. The van der Waals surface area contributed by atoms with E-state index in [1.807, 2.05) is 18.2 Å². The van der Waals surface area contributed by atoms with Crippen LogP contribution in [0.5, 0.6) is 5.88 Å². The summed E-state index contributed by atoms with van der Waals surface area (Å²) >= 11 is 0. The molecule has 0 saturated carbocycles. The van der Waals surface area contributed by atoms with Crippen molar-refractivity contribution in [2.24, 2.45) is 0 Å². The largest absolute Gasteiger partial charge is 0.474 e. The second kappa shape index (κ2) is 9.15. The fraction of sp³-hybridized carbons (Fsp3) is 0.455. The van der Waals surface area contributed by atoms with Gasteiger partial charge >= 0.3 is 0 Å². The third kappa shape index (κ3) is 4.68. The average Bonchev–Trinajstić information content (AvgIpc) is 3.10. The number of halogens is 1. The van der Waals surface area contributed by atoms with E-state index in [2.05, 4.69) is 35.8 Å². The summed E-state index contributed by atoms with van der Waals surface area (Å²) in [6.45, 7) is 11.4. The third-order valence-corrected chi connectivity index (χ3v) is 5.11. The van der Waals surface area contributed by atoms with Crippen molar-refractivity contribution < 1.29 is 9.13 Å². The quantitative estimate of drug-likeness (QED) is 0.535. The Morgan fingerprint density at radius 2 is 1.96 bits per heavy atom. The van der Waals surface area contributed by atoms with Crippen LogP contribution in [0.3, 0.4) is 0 Å². The topological polar surface area (TPSA) is 42.7 Å².